The summed E-state index contributed by atoms with van der Waals surface area (Å²) in [6, 6.07) is 6.36. The molecule has 1 amide bonds. The largest absolute Gasteiger partial charge is 0.444 e. The first-order chi connectivity index (χ1) is 10.7. The summed E-state index contributed by atoms with van der Waals surface area (Å²) < 4.78 is 5.45. The zero-order valence-electron chi connectivity index (χ0n) is 14.9. The first-order valence-electron chi connectivity index (χ1n) is 8.25. The van der Waals surface area contributed by atoms with Crippen molar-refractivity contribution < 1.29 is 9.53 Å². The van der Waals surface area contributed by atoms with Crippen LogP contribution in [-0.2, 0) is 4.74 Å². The van der Waals surface area contributed by atoms with E-state index in [1.165, 1.54) is 0 Å². The van der Waals surface area contributed by atoms with E-state index < -0.39 is 5.60 Å². The molecule has 1 heterocycles. The van der Waals surface area contributed by atoms with Crippen LogP contribution in [-0.4, -0.2) is 42.8 Å². The first-order valence-corrected chi connectivity index (χ1v) is 8.25. The first kappa shape index (κ1) is 17.4. The van der Waals surface area contributed by atoms with E-state index in [2.05, 4.69) is 11.0 Å². The van der Waals surface area contributed by atoms with Gasteiger partial charge in [-0.1, -0.05) is 12.1 Å². The van der Waals surface area contributed by atoms with E-state index in [1.807, 2.05) is 46.9 Å². The minimum absolute atomic E-state index is 0.215. The zero-order valence-corrected chi connectivity index (χ0v) is 14.9. The second kappa shape index (κ2) is 6.69. The molecule has 0 bridgehead atoms. The molecule has 0 aliphatic carbocycles. The lowest BCUT2D eigenvalue weighted by molar-refractivity contribution is 0.0201. The number of rotatable bonds is 2. The quantitative estimate of drug-likeness (QED) is 0.849. The lowest BCUT2D eigenvalue weighted by atomic mass is 10.0. The highest BCUT2D eigenvalue weighted by Gasteiger charge is 2.29. The maximum Gasteiger partial charge on any atom is 0.410 e. The maximum atomic E-state index is 12.2. The number of hydrogen-bond acceptors (Lipinski definition) is 4. The molecule has 2 rings (SSSR count). The van der Waals surface area contributed by atoms with Crippen LogP contribution in [0.2, 0.25) is 0 Å². The van der Waals surface area contributed by atoms with E-state index in [-0.39, 0.29) is 12.1 Å². The van der Waals surface area contributed by atoms with Crippen LogP contribution in [0.4, 0.5) is 16.2 Å². The van der Waals surface area contributed by atoms with Gasteiger partial charge in [0.1, 0.15) is 5.60 Å². The van der Waals surface area contributed by atoms with Crippen LogP contribution in [0.5, 0.6) is 0 Å². The number of benzene rings is 1. The fraction of sp³-hybridized carbons (Fsp3) is 0.611. The number of nitrogen functional groups attached to an aromatic ring is 1. The molecule has 23 heavy (non-hydrogen) atoms. The van der Waals surface area contributed by atoms with Crippen LogP contribution in [0.15, 0.2) is 18.2 Å². The highest BCUT2D eigenvalue weighted by atomic mass is 16.6. The van der Waals surface area contributed by atoms with Crippen molar-refractivity contribution in [3.63, 3.8) is 0 Å². The monoisotopic (exact) mass is 319 g/mol. The molecule has 0 aromatic heterocycles. The Bertz CT molecular complexity index is 558. The Labute approximate surface area is 139 Å². The number of amides is 1. The second-order valence-electron chi connectivity index (χ2n) is 7.32. The number of hydrogen-bond donors (Lipinski definition) is 1. The number of aryl methyl sites for hydroxylation is 1. The minimum atomic E-state index is -0.456. The Hall–Kier alpha value is -1.91. The van der Waals surface area contributed by atoms with Crippen molar-refractivity contribution in [2.75, 3.05) is 30.8 Å². The third-order valence-electron chi connectivity index (χ3n) is 4.34. The van der Waals surface area contributed by atoms with Crippen molar-refractivity contribution >= 4 is 17.5 Å². The SMILES string of the molecule is Cc1cccc(N2CCC(N(C)C(=O)OC(C)(C)C)CC2)c1N. The molecule has 1 aromatic carbocycles. The summed E-state index contributed by atoms with van der Waals surface area (Å²) >= 11 is 0. The standard InChI is InChI=1S/C18H29N3O2/c1-13-7-6-8-15(16(13)19)21-11-9-14(10-12-21)20(5)17(22)23-18(2,3)4/h6-8,14H,9-12,19H2,1-5H3. The number of ether oxygens (including phenoxy) is 1. The second-order valence-corrected chi connectivity index (χ2v) is 7.32. The summed E-state index contributed by atoms with van der Waals surface area (Å²) in [6.45, 7) is 9.49. The van der Waals surface area contributed by atoms with E-state index in [9.17, 15) is 4.79 Å². The molecule has 128 valence electrons. The molecular formula is C18H29N3O2. The van der Waals surface area contributed by atoms with Crippen molar-refractivity contribution in [1.29, 1.82) is 0 Å². The van der Waals surface area contributed by atoms with Crippen LogP contribution in [0.1, 0.15) is 39.2 Å². The molecule has 0 saturated carbocycles. The van der Waals surface area contributed by atoms with Gasteiger partial charge in [0.2, 0.25) is 0 Å². The minimum Gasteiger partial charge on any atom is -0.444 e. The fourth-order valence-corrected chi connectivity index (χ4v) is 2.92. The van der Waals surface area contributed by atoms with E-state index >= 15 is 0 Å². The Balaban J connectivity index is 1.96. The summed E-state index contributed by atoms with van der Waals surface area (Å²) in [6.07, 6.45) is 1.60. The molecule has 5 heteroatoms. The molecule has 0 unspecified atom stereocenters. The molecule has 1 aromatic rings. The Morgan fingerprint density at radius 2 is 1.91 bits per heavy atom. The van der Waals surface area contributed by atoms with Crippen molar-refractivity contribution in [1.82, 2.24) is 4.90 Å². The van der Waals surface area contributed by atoms with Crippen LogP contribution in [0.3, 0.4) is 0 Å². The van der Waals surface area contributed by atoms with E-state index in [0.29, 0.717) is 0 Å². The van der Waals surface area contributed by atoms with Gasteiger partial charge in [-0.25, -0.2) is 4.79 Å². The van der Waals surface area contributed by atoms with Gasteiger partial charge in [-0.05, 0) is 52.2 Å². The van der Waals surface area contributed by atoms with Crippen molar-refractivity contribution in [2.45, 2.75) is 52.2 Å². The Morgan fingerprint density at radius 3 is 2.48 bits per heavy atom. The third kappa shape index (κ3) is 4.30. The number of nitrogens with two attached hydrogens (primary N) is 1. The summed E-state index contributed by atoms with van der Waals surface area (Å²) in [4.78, 5) is 16.2. The molecule has 0 radical (unpaired) electrons. The maximum absolute atomic E-state index is 12.2. The van der Waals surface area contributed by atoms with Gasteiger partial charge in [0.25, 0.3) is 0 Å². The molecule has 1 aliphatic heterocycles. The summed E-state index contributed by atoms with van der Waals surface area (Å²) in [5.74, 6) is 0. The van der Waals surface area contributed by atoms with Gasteiger partial charge in [0.15, 0.2) is 0 Å². The van der Waals surface area contributed by atoms with E-state index in [4.69, 9.17) is 10.5 Å². The van der Waals surface area contributed by atoms with E-state index in [1.54, 1.807) is 4.90 Å². The average Bonchev–Trinajstić information content (AvgIpc) is 2.48. The van der Waals surface area contributed by atoms with Gasteiger partial charge in [-0.3, -0.25) is 0 Å². The highest BCUT2D eigenvalue weighted by Crippen LogP contribution is 2.29. The number of para-hydroxylation sites is 1. The number of anilines is 2. The fourth-order valence-electron chi connectivity index (χ4n) is 2.92. The van der Waals surface area contributed by atoms with Gasteiger partial charge in [0, 0.05) is 26.2 Å². The van der Waals surface area contributed by atoms with Crippen LogP contribution >= 0.6 is 0 Å². The van der Waals surface area contributed by atoms with Crippen LogP contribution in [0, 0.1) is 6.92 Å². The lowest BCUT2D eigenvalue weighted by Gasteiger charge is -2.38. The van der Waals surface area contributed by atoms with Gasteiger partial charge >= 0.3 is 6.09 Å². The normalized spacial score (nSPS) is 16.3. The zero-order chi connectivity index (χ0) is 17.2. The highest BCUT2D eigenvalue weighted by molar-refractivity contribution is 5.71. The Morgan fingerprint density at radius 1 is 1.30 bits per heavy atom. The summed E-state index contributed by atoms with van der Waals surface area (Å²) in [7, 11) is 1.83. The van der Waals surface area contributed by atoms with Crippen LogP contribution < -0.4 is 10.6 Å². The number of carbonyl (C=O) groups excluding carboxylic acids is 1. The van der Waals surface area contributed by atoms with Crippen molar-refractivity contribution in [3.8, 4) is 0 Å². The smallest absolute Gasteiger partial charge is 0.410 e. The molecule has 5 nitrogen and oxygen atoms in total. The molecule has 1 aliphatic rings. The average molecular weight is 319 g/mol. The Kier molecular flexibility index (Phi) is 5.07. The molecule has 1 fully saturated rings. The van der Waals surface area contributed by atoms with Crippen LogP contribution in [0.25, 0.3) is 0 Å². The van der Waals surface area contributed by atoms with Crippen molar-refractivity contribution in [2.24, 2.45) is 0 Å². The predicted octanol–water partition coefficient (Wildman–Crippen LogP) is 3.41. The third-order valence-corrected chi connectivity index (χ3v) is 4.34. The number of nitrogens with zero attached hydrogens (tertiary/aromatic N) is 2. The molecule has 0 atom stereocenters. The topological polar surface area (TPSA) is 58.8 Å². The van der Waals surface area contributed by atoms with Gasteiger partial charge in [-0.2, -0.15) is 0 Å². The summed E-state index contributed by atoms with van der Waals surface area (Å²) in [5, 5.41) is 0. The number of carbonyl (C=O) groups is 1. The molecule has 0 spiro atoms. The van der Waals surface area contributed by atoms with Gasteiger partial charge in [-0.15, -0.1) is 0 Å². The van der Waals surface area contributed by atoms with E-state index in [0.717, 1.165) is 42.9 Å². The molecular weight excluding hydrogens is 290 g/mol. The molecule has 2 N–H and O–H groups in total. The van der Waals surface area contributed by atoms with Gasteiger partial charge < -0.3 is 20.3 Å². The lowest BCUT2D eigenvalue weighted by Crippen LogP contribution is -2.47. The number of piperidine rings is 1. The van der Waals surface area contributed by atoms with Crippen molar-refractivity contribution in [3.05, 3.63) is 23.8 Å². The summed E-state index contributed by atoms with van der Waals surface area (Å²) in [5.41, 5.74) is 8.80. The molecule has 1 saturated heterocycles. The predicted molar refractivity (Wildman–Crippen MR) is 94.8 cm³/mol. The van der Waals surface area contributed by atoms with Gasteiger partial charge in [0.05, 0.1) is 11.4 Å².